The Hall–Kier alpha value is -2.52. The minimum atomic E-state index is 0.0596. The van der Waals surface area contributed by atoms with E-state index in [4.69, 9.17) is 0 Å². The fraction of sp³-hybridized carbons (Fsp3) is 0.296. The molecular weight excluding hydrogens is 386 g/mol. The molecular formula is C27H31NOS. The molecule has 3 rings (SSSR count). The highest BCUT2D eigenvalue weighted by molar-refractivity contribution is 7.98. The Morgan fingerprint density at radius 3 is 2.20 bits per heavy atom. The lowest BCUT2D eigenvalue weighted by atomic mass is 9.86. The third-order valence-electron chi connectivity index (χ3n) is 5.17. The van der Waals surface area contributed by atoms with Crippen molar-refractivity contribution in [2.75, 3.05) is 5.32 Å². The first kappa shape index (κ1) is 22.2. The Balaban J connectivity index is 1.51. The van der Waals surface area contributed by atoms with Crippen LogP contribution in [-0.2, 0) is 22.4 Å². The summed E-state index contributed by atoms with van der Waals surface area (Å²) < 4.78 is 0. The van der Waals surface area contributed by atoms with Gasteiger partial charge in [0.25, 0.3) is 0 Å². The lowest BCUT2D eigenvalue weighted by Crippen LogP contribution is -2.13. The van der Waals surface area contributed by atoms with Crippen molar-refractivity contribution in [3.05, 3.63) is 95.1 Å². The number of rotatable bonds is 7. The summed E-state index contributed by atoms with van der Waals surface area (Å²) in [6.45, 7) is 8.69. The number of hydrogen-bond acceptors (Lipinski definition) is 2. The highest BCUT2D eigenvalue weighted by atomic mass is 32.2. The van der Waals surface area contributed by atoms with Gasteiger partial charge in [0.15, 0.2) is 0 Å². The zero-order chi connectivity index (χ0) is 21.6. The number of carbonyl (C=O) groups is 1. The molecule has 0 heterocycles. The Kier molecular flexibility index (Phi) is 7.38. The summed E-state index contributed by atoms with van der Waals surface area (Å²) in [5, 5.41) is 3.07. The van der Waals surface area contributed by atoms with Crippen molar-refractivity contribution in [2.45, 2.75) is 56.6 Å². The number of thioether (sulfide) groups is 1. The molecule has 0 bridgehead atoms. The molecule has 3 heteroatoms. The minimum absolute atomic E-state index is 0.0596. The van der Waals surface area contributed by atoms with Gasteiger partial charge in [-0.25, -0.2) is 0 Å². The zero-order valence-electron chi connectivity index (χ0n) is 18.4. The summed E-state index contributed by atoms with van der Waals surface area (Å²) in [5.41, 5.74) is 5.93. The maximum Gasteiger partial charge on any atom is 0.224 e. The summed E-state index contributed by atoms with van der Waals surface area (Å²) in [7, 11) is 0. The molecule has 0 aliphatic rings. The van der Waals surface area contributed by atoms with Crippen molar-refractivity contribution in [1.29, 1.82) is 0 Å². The van der Waals surface area contributed by atoms with Crippen LogP contribution >= 0.6 is 11.8 Å². The van der Waals surface area contributed by atoms with E-state index in [0.29, 0.717) is 6.42 Å². The first-order valence-corrected chi connectivity index (χ1v) is 11.5. The van der Waals surface area contributed by atoms with E-state index in [0.717, 1.165) is 23.4 Å². The van der Waals surface area contributed by atoms with E-state index in [2.05, 4.69) is 93.7 Å². The maximum absolute atomic E-state index is 12.4. The molecule has 1 amide bonds. The third kappa shape index (κ3) is 6.50. The highest BCUT2D eigenvalue weighted by Crippen LogP contribution is 2.25. The van der Waals surface area contributed by atoms with Gasteiger partial charge in [-0.2, -0.15) is 0 Å². The van der Waals surface area contributed by atoms with Crippen LogP contribution in [0.4, 0.5) is 5.69 Å². The molecule has 156 valence electrons. The second-order valence-corrected chi connectivity index (χ2v) is 9.79. The summed E-state index contributed by atoms with van der Waals surface area (Å²) in [6, 6.07) is 25.3. The van der Waals surface area contributed by atoms with Crippen molar-refractivity contribution in [3.63, 3.8) is 0 Å². The number of carbonyl (C=O) groups excluding carboxylic acids is 1. The van der Waals surface area contributed by atoms with E-state index in [1.807, 2.05) is 23.9 Å². The first-order chi connectivity index (χ1) is 14.3. The summed E-state index contributed by atoms with van der Waals surface area (Å²) in [6.07, 6.45) is 1.24. The molecule has 1 N–H and O–H groups in total. The van der Waals surface area contributed by atoms with Crippen molar-refractivity contribution >= 4 is 23.4 Å². The summed E-state index contributed by atoms with van der Waals surface area (Å²) >= 11 is 1.82. The molecule has 0 aromatic heterocycles. The van der Waals surface area contributed by atoms with Crippen LogP contribution in [0.1, 0.15) is 49.4 Å². The molecule has 0 saturated carbocycles. The number of benzene rings is 3. The van der Waals surface area contributed by atoms with Gasteiger partial charge in [-0.15, -0.1) is 11.8 Å². The molecule has 0 fully saturated rings. The van der Waals surface area contributed by atoms with Crippen LogP contribution in [0.25, 0.3) is 0 Å². The number of anilines is 1. The van der Waals surface area contributed by atoms with Crippen LogP contribution < -0.4 is 5.32 Å². The van der Waals surface area contributed by atoms with Gasteiger partial charge in [-0.1, -0.05) is 75.4 Å². The second kappa shape index (κ2) is 9.99. The van der Waals surface area contributed by atoms with E-state index >= 15 is 0 Å². The van der Waals surface area contributed by atoms with Gasteiger partial charge in [-0.05, 0) is 59.2 Å². The molecule has 3 aromatic rings. The fourth-order valence-corrected chi connectivity index (χ4v) is 4.14. The monoisotopic (exact) mass is 417 g/mol. The average Bonchev–Trinajstić information content (AvgIpc) is 2.73. The average molecular weight is 418 g/mol. The lowest BCUT2D eigenvalue weighted by Gasteiger charge is -2.19. The summed E-state index contributed by atoms with van der Waals surface area (Å²) in [4.78, 5) is 13.7. The molecule has 0 unspecified atom stereocenters. The van der Waals surface area contributed by atoms with Crippen LogP contribution in [0.15, 0.2) is 77.7 Å². The number of amides is 1. The van der Waals surface area contributed by atoms with Gasteiger partial charge in [-0.3, -0.25) is 4.79 Å². The molecule has 3 aromatic carbocycles. The molecule has 30 heavy (non-hydrogen) atoms. The van der Waals surface area contributed by atoms with Gasteiger partial charge in [0, 0.05) is 22.8 Å². The Labute approximate surface area is 185 Å². The topological polar surface area (TPSA) is 29.1 Å². The van der Waals surface area contributed by atoms with E-state index in [1.54, 1.807) is 0 Å². The molecule has 0 aliphatic heterocycles. The molecule has 2 nitrogen and oxygen atoms in total. The van der Waals surface area contributed by atoms with Crippen molar-refractivity contribution in [2.24, 2.45) is 0 Å². The van der Waals surface area contributed by atoms with Crippen molar-refractivity contribution < 1.29 is 4.79 Å². The van der Waals surface area contributed by atoms with E-state index in [-0.39, 0.29) is 11.3 Å². The quantitative estimate of drug-likeness (QED) is 0.413. The van der Waals surface area contributed by atoms with E-state index in [1.165, 1.54) is 21.6 Å². The predicted molar refractivity (Wildman–Crippen MR) is 129 cm³/mol. The Morgan fingerprint density at radius 1 is 0.900 bits per heavy atom. The van der Waals surface area contributed by atoms with E-state index in [9.17, 15) is 4.79 Å². The van der Waals surface area contributed by atoms with E-state index < -0.39 is 0 Å². The normalized spacial score (nSPS) is 11.3. The lowest BCUT2D eigenvalue weighted by molar-refractivity contribution is -0.116. The number of nitrogens with one attached hydrogen (secondary N) is 1. The fourth-order valence-electron chi connectivity index (χ4n) is 3.28. The second-order valence-electron chi connectivity index (χ2n) is 8.75. The van der Waals surface area contributed by atoms with Crippen molar-refractivity contribution in [3.8, 4) is 0 Å². The minimum Gasteiger partial charge on any atom is -0.326 e. The Bertz CT molecular complexity index is 972. The highest BCUT2D eigenvalue weighted by Gasteiger charge is 2.13. The van der Waals surface area contributed by atoms with Crippen LogP contribution in [0, 0.1) is 6.92 Å². The molecule has 0 spiro atoms. The van der Waals surface area contributed by atoms with Crippen LogP contribution in [-0.4, -0.2) is 5.91 Å². The number of aryl methyl sites for hydroxylation is 2. The molecule has 0 saturated heterocycles. The molecule has 0 radical (unpaired) electrons. The van der Waals surface area contributed by atoms with Gasteiger partial charge >= 0.3 is 0 Å². The smallest absolute Gasteiger partial charge is 0.224 e. The van der Waals surface area contributed by atoms with Gasteiger partial charge in [0.2, 0.25) is 5.91 Å². The van der Waals surface area contributed by atoms with Crippen LogP contribution in [0.3, 0.4) is 0 Å². The van der Waals surface area contributed by atoms with Gasteiger partial charge in [0.05, 0.1) is 0 Å². The van der Waals surface area contributed by atoms with Gasteiger partial charge in [0.1, 0.15) is 0 Å². The third-order valence-corrected chi connectivity index (χ3v) is 6.26. The zero-order valence-corrected chi connectivity index (χ0v) is 19.2. The molecule has 0 atom stereocenters. The standard InChI is InChI=1S/C27H31NOS/c1-20-18-22(19-30-24-8-6-5-7-9-24)12-16-25(20)28-26(29)17-13-21-10-14-23(15-11-21)27(2,3)4/h5-12,14-16,18H,13,17,19H2,1-4H3,(H,28,29). The Morgan fingerprint density at radius 2 is 1.57 bits per heavy atom. The maximum atomic E-state index is 12.4. The van der Waals surface area contributed by atoms with Crippen LogP contribution in [0.2, 0.25) is 0 Å². The SMILES string of the molecule is Cc1cc(CSc2ccccc2)ccc1NC(=O)CCc1ccc(C(C)(C)C)cc1. The van der Waals surface area contributed by atoms with Crippen LogP contribution in [0.5, 0.6) is 0 Å². The number of hydrogen-bond donors (Lipinski definition) is 1. The first-order valence-electron chi connectivity index (χ1n) is 10.5. The largest absolute Gasteiger partial charge is 0.326 e. The molecule has 0 aliphatic carbocycles. The predicted octanol–water partition coefficient (Wildman–Crippen LogP) is 7.16. The summed E-state index contributed by atoms with van der Waals surface area (Å²) in [5.74, 6) is 0.980. The van der Waals surface area contributed by atoms with Gasteiger partial charge < -0.3 is 5.32 Å². The van der Waals surface area contributed by atoms with Crippen molar-refractivity contribution in [1.82, 2.24) is 0 Å².